The van der Waals surface area contributed by atoms with Gasteiger partial charge in [0.25, 0.3) is 0 Å². The van der Waals surface area contributed by atoms with Crippen LogP contribution in [0.15, 0.2) is 54.6 Å². The van der Waals surface area contributed by atoms with Crippen LogP contribution in [-0.4, -0.2) is 15.6 Å². The summed E-state index contributed by atoms with van der Waals surface area (Å²) in [5, 5.41) is 8.14. The summed E-state index contributed by atoms with van der Waals surface area (Å²) in [6.07, 6.45) is 2.45. The maximum atomic E-state index is 12.8. The van der Waals surface area contributed by atoms with Crippen LogP contribution < -0.4 is 5.32 Å². The van der Waals surface area contributed by atoms with Gasteiger partial charge in [-0.1, -0.05) is 44.2 Å². The van der Waals surface area contributed by atoms with Gasteiger partial charge in [-0.3, -0.25) is 4.79 Å². The van der Waals surface area contributed by atoms with Gasteiger partial charge in [0.05, 0.1) is 16.9 Å². The first-order valence-electron chi connectivity index (χ1n) is 9.22. The van der Waals surface area contributed by atoms with Crippen molar-refractivity contribution in [1.82, 2.24) is 9.78 Å². The summed E-state index contributed by atoms with van der Waals surface area (Å²) in [5.74, 6) is 1.17. The quantitative estimate of drug-likeness (QED) is 0.728. The van der Waals surface area contributed by atoms with E-state index >= 15 is 0 Å². The van der Waals surface area contributed by atoms with Gasteiger partial charge in [-0.2, -0.15) is 0 Å². The standard InChI is InChI=1S/C22H23N3O/c1-3-16-9-11-17(12-10-16)23-22-21-19(13-15(2)14-20(21)26)25(24-22)18-7-5-4-6-8-18/h4-12,15H,3,13-14H2,1-2H3,(H,23,24)/t15-/m1/s1. The first kappa shape index (κ1) is 16.6. The van der Waals surface area contributed by atoms with E-state index in [9.17, 15) is 4.79 Å². The number of para-hydroxylation sites is 1. The van der Waals surface area contributed by atoms with Gasteiger partial charge in [0.2, 0.25) is 0 Å². The second-order valence-corrected chi connectivity index (χ2v) is 7.03. The molecule has 3 aromatic rings. The van der Waals surface area contributed by atoms with Crippen molar-refractivity contribution in [3.8, 4) is 5.69 Å². The molecule has 1 heterocycles. The van der Waals surface area contributed by atoms with E-state index in [1.54, 1.807) is 0 Å². The van der Waals surface area contributed by atoms with Crippen molar-refractivity contribution in [3.05, 3.63) is 71.4 Å². The van der Waals surface area contributed by atoms with Crippen molar-refractivity contribution in [2.24, 2.45) is 5.92 Å². The number of hydrogen-bond acceptors (Lipinski definition) is 3. The van der Waals surface area contributed by atoms with E-state index in [-0.39, 0.29) is 5.78 Å². The predicted molar refractivity (Wildman–Crippen MR) is 104 cm³/mol. The molecule has 132 valence electrons. The zero-order chi connectivity index (χ0) is 18.1. The monoisotopic (exact) mass is 345 g/mol. The molecule has 2 aromatic carbocycles. The molecule has 0 amide bonds. The molecule has 0 radical (unpaired) electrons. The van der Waals surface area contributed by atoms with Crippen LogP contribution in [0.5, 0.6) is 0 Å². The van der Waals surface area contributed by atoms with Crippen molar-refractivity contribution >= 4 is 17.3 Å². The number of rotatable bonds is 4. The van der Waals surface area contributed by atoms with Gasteiger partial charge in [0.1, 0.15) is 0 Å². The molecule has 0 bridgehead atoms. The third kappa shape index (κ3) is 3.03. The summed E-state index contributed by atoms with van der Waals surface area (Å²) in [6.45, 7) is 4.26. The highest BCUT2D eigenvalue weighted by atomic mass is 16.1. The Balaban J connectivity index is 1.78. The van der Waals surface area contributed by atoms with Crippen molar-refractivity contribution in [2.75, 3.05) is 5.32 Å². The van der Waals surface area contributed by atoms with Gasteiger partial charge in [-0.15, -0.1) is 5.10 Å². The molecule has 0 saturated heterocycles. The number of fused-ring (bicyclic) bond motifs is 1. The Bertz CT molecular complexity index is 926. The molecule has 0 saturated carbocycles. The SMILES string of the molecule is CCc1ccc(Nc2nn(-c3ccccc3)c3c2C(=O)C[C@H](C)C3)cc1. The highest BCUT2D eigenvalue weighted by molar-refractivity contribution is 6.03. The fourth-order valence-electron chi connectivity index (χ4n) is 3.59. The minimum absolute atomic E-state index is 0.175. The highest BCUT2D eigenvalue weighted by Crippen LogP contribution is 2.33. The first-order valence-corrected chi connectivity index (χ1v) is 9.22. The minimum Gasteiger partial charge on any atom is -0.338 e. The molecular formula is C22H23N3O. The predicted octanol–water partition coefficient (Wildman–Crippen LogP) is 4.94. The Morgan fingerprint density at radius 3 is 2.50 bits per heavy atom. The lowest BCUT2D eigenvalue weighted by molar-refractivity contribution is 0.0953. The maximum absolute atomic E-state index is 12.8. The fourth-order valence-corrected chi connectivity index (χ4v) is 3.59. The van der Waals surface area contributed by atoms with E-state index in [1.807, 2.05) is 47.1 Å². The molecular weight excluding hydrogens is 322 g/mol. The van der Waals surface area contributed by atoms with Crippen molar-refractivity contribution < 1.29 is 4.79 Å². The Morgan fingerprint density at radius 1 is 1.08 bits per heavy atom. The Labute approximate surface area is 153 Å². The number of nitrogens with zero attached hydrogens (tertiary/aromatic N) is 2. The number of ketones is 1. The van der Waals surface area contributed by atoms with Gasteiger partial charge in [0.15, 0.2) is 11.6 Å². The zero-order valence-electron chi connectivity index (χ0n) is 15.2. The number of hydrogen-bond donors (Lipinski definition) is 1. The van der Waals surface area contributed by atoms with Crippen LogP contribution in [0.2, 0.25) is 0 Å². The summed E-state index contributed by atoms with van der Waals surface area (Å²) in [7, 11) is 0. The molecule has 1 aromatic heterocycles. The zero-order valence-corrected chi connectivity index (χ0v) is 15.2. The molecule has 1 N–H and O–H groups in total. The second-order valence-electron chi connectivity index (χ2n) is 7.03. The number of Topliss-reactive ketones (excluding diaryl/α,β-unsaturated/α-hetero) is 1. The number of carbonyl (C=O) groups excluding carboxylic acids is 1. The van der Waals surface area contributed by atoms with E-state index in [0.717, 1.165) is 35.5 Å². The first-order chi connectivity index (χ1) is 12.7. The molecule has 26 heavy (non-hydrogen) atoms. The molecule has 1 aliphatic carbocycles. The lowest BCUT2D eigenvalue weighted by atomic mass is 9.87. The number of benzene rings is 2. The second kappa shape index (κ2) is 6.79. The summed E-state index contributed by atoms with van der Waals surface area (Å²) in [4.78, 5) is 12.8. The lowest BCUT2D eigenvalue weighted by Crippen LogP contribution is -2.19. The van der Waals surface area contributed by atoms with E-state index in [1.165, 1.54) is 5.56 Å². The summed E-state index contributed by atoms with van der Waals surface area (Å²) >= 11 is 0. The third-order valence-electron chi connectivity index (χ3n) is 4.96. The van der Waals surface area contributed by atoms with Crippen LogP contribution in [-0.2, 0) is 12.8 Å². The molecule has 1 atom stereocenters. The van der Waals surface area contributed by atoms with Gasteiger partial charge in [-0.25, -0.2) is 4.68 Å². The van der Waals surface area contributed by atoms with E-state index in [0.29, 0.717) is 18.2 Å². The van der Waals surface area contributed by atoms with Crippen LogP contribution >= 0.6 is 0 Å². The molecule has 4 rings (SSSR count). The Kier molecular flexibility index (Phi) is 4.33. The summed E-state index contributed by atoms with van der Waals surface area (Å²) in [6, 6.07) is 18.3. The average Bonchev–Trinajstić information content (AvgIpc) is 3.01. The summed E-state index contributed by atoms with van der Waals surface area (Å²) in [5.41, 5.74) is 4.98. The smallest absolute Gasteiger partial charge is 0.168 e. The Hall–Kier alpha value is -2.88. The van der Waals surface area contributed by atoms with Crippen LogP contribution in [0.25, 0.3) is 5.69 Å². The molecule has 0 unspecified atom stereocenters. The van der Waals surface area contributed by atoms with Gasteiger partial charge in [-0.05, 0) is 48.6 Å². The number of aryl methyl sites for hydroxylation is 1. The molecule has 4 heteroatoms. The number of anilines is 2. The van der Waals surface area contributed by atoms with Crippen molar-refractivity contribution in [3.63, 3.8) is 0 Å². The van der Waals surface area contributed by atoms with E-state index in [4.69, 9.17) is 5.10 Å². The average molecular weight is 345 g/mol. The third-order valence-corrected chi connectivity index (χ3v) is 4.96. The minimum atomic E-state index is 0.175. The van der Waals surface area contributed by atoms with Crippen LogP contribution in [0.3, 0.4) is 0 Å². The van der Waals surface area contributed by atoms with Gasteiger partial charge in [0, 0.05) is 12.1 Å². The lowest BCUT2D eigenvalue weighted by Gasteiger charge is -2.19. The van der Waals surface area contributed by atoms with Gasteiger partial charge < -0.3 is 5.32 Å². The van der Waals surface area contributed by atoms with Crippen LogP contribution in [0, 0.1) is 5.92 Å². The van der Waals surface area contributed by atoms with Crippen molar-refractivity contribution in [1.29, 1.82) is 0 Å². The molecule has 0 spiro atoms. The normalized spacial score (nSPS) is 16.4. The van der Waals surface area contributed by atoms with Gasteiger partial charge >= 0.3 is 0 Å². The largest absolute Gasteiger partial charge is 0.338 e. The number of nitrogens with one attached hydrogen (secondary N) is 1. The van der Waals surface area contributed by atoms with Crippen LogP contribution in [0.1, 0.15) is 41.9 Å². The molecule has 1 aliphatic rings. The highest BCUT2D eigenvalue weighted by Gasteiger charge is 2.31. The topological polar surface area (TPSA) is 46.9 Å². The Morgan fingerprint density at radius 2 is 1.81 bits per heavy atom. The maximum Gasteiger partial charge on any atom is 0.168 e. The number of aromatic nitrogens is 2. The van der Waals surface area contributed by atoms with Crippen LogP contribution in [0.4, 0.5) is 11.5 Å². The van der Waals surface area contributed by atoms with E-state index in [2.05, 4.69) is 31.3 Å². The fraction of sp³-hybridized carbons (Fsp3) is 0.273. The summed E-state index contributed by atoms with van der Waals surface area (Å²) < 4.78 is 1.92. The molecule has 0 fully saturated rings. The van der Waals surface area contributed by atoms with E-state index < -0.39 is 0 Å². The van der Waals surface area contributed by atoms with Crippen molar-refractivity contribution in [2.45, 2.75) is 33.1 Å². The molecule has 4 nitrogen and oxygen atoms in total. The number of carbonyl (C=O) groups is 1. The molecule has 0 aliphatic heterocycles.